The maximum atomic E-state index is 10.8. The predicted octanol–water partition coefficient (Wildman–Crippen LogP) is 1.93. The van der Waals surface area contributed by atoms with E-state index in [9.17, 15) is 14.9 Å². The summed E-state index contributed by atoms with van der Waals surface area (Å²) in [6.07, 6.45) is -0.196. The molecule has 7 nitrogen and oxygen atoms in total. The third-order valence-corrected chi connectivity index (χ3v) is 2.24. The molecule has 18 heavy (non-hydrogen) atoms. The number of hydrogen-bond donors (Lipinski definition) is 1. The molecule has 0 saturated heterocycles. The van der Waals surface area contributed by atoms with Crippen molar-refractivity contribution >= 4 is 11.8 Å². The normalized spacial score (nSPS) is 11.9. The van der Waals surface area contributed by atoms with E-state index in [2.05, 4.69) is 4.98 Å². The highest BCUT2D eigenvalue weighted by Gasteiger charge is 2.19. The second-order valence-electron chi connectivity index (χ2n) is 3.89. The SMILES string of the molecule is Cc1ccc(OC(C)CCC(=O)O)c([N+](=O)[O-])n1. The van der Waals surface area contributed by atoms with Crippen LogP contribution in [0.15, 0.2) is 12.1 Å². The molecule has 0 spiro atoms. The van der Waals surface area contributed by atoms with Crippen molar-refractivity contribution in [3.8, 4) is 5.75 Å². The molecule has 7 heteroatoms. The van der Waals surface area contributed by atoms with Crippen molar-refractivity contribution in [1.29, 1.82) is 0 Å². The van der Waals surface area contributed by atoms with E-state index in [1.165, 1.54) is 6.07 Å². The van der Waals surface area contributed by atoms with E-state index < -0.39 is 17.0 Å². The van der Waals surface area contributed by atoms with E-state index in [1.807, 2.05) is 0 Å². The summed E-state index contributed by atoms with van der Waals surface area (Å²) in [5, 5.41) is 19.3. The number of carboxylic acids is 1. The van der Waals surface area contributed by atoms with Gasteiger partial charge in [0.15, 0.2) is 0 Å². The summed E-state index contributed by atoms with van der Waals surface area (Å²) in [5.74, 6) is -1.22. The Morgan fingerprint density at radius 1 is 1.61 bits per heavy atom. The van der Waals surface area contributed by atoms with Crippen molar-refractivity contribution in [2.75, 3.05) is 0 Å². The highest BCUT2D eigenvalue weighted by atomic mass is 16.6. The molecule has 98 valence electrons. The second-order valence-corrected chi connectivity index (χ2v) is 3.89. The van der Waals surface area contributed by atoms with Crippen molar-refractivity contribution in [1.82, 2.24) is 4.98 Å². The van der Waals surface area contributed by atoms with Gasteiger partial charge in [0, 0.05) is 13.3 Å². The van der Waals surface area contributed by atoms with Gasteiger partial charge in [-0.25, -0.2) is 0 Å². The molecule has 1 unspecified atom stereocenters. The number of ether oxygens (including phenoxy) is 1. The van der Waals surface area contributed by atoms with Gasteiger partial charge in [0.05, 0.1) is 6.10 Å². The monoisotopic (exact) mass is 254 g/mol. The number of carboxylic acid groups (broad SMARTS) is 1. The zero-order valence-electron chi connectivity index (χ0n) is 10.1. The summed E-state index contributed by atoms with van der Waals surface area (Å²) in [5.41, 5.74) is 0.521. The molecule has 0 radical (unpaired) electrons. The number of pyridine rings is 1. The lowest BCUT2D eigenvalue weighted by Crippen LogP contribution is -2.15. The lowest BCUT2D eigenvalue weighted by Gasteiger charge is -2.13. The van der Waals surface area contributed by atoms with Gasteiger partial charge in [-0.15, -0.1) is 0 Å². The largest absolute Gasteiger partial charge is 0.483 e. The first-order valence-corrected chi connectivity index (χ1v) is 5.40. The Morgan fingerprint density at radius 2 is 2.28 bits per heavy atom. The number of carbonyl (C=O) groups is 1. The summed E-state index contributed by atoms with van der Waals surface area (Å²) >= 11 is 0. The molecule has 1 aromatic heterocycles. The van der Waals surface area contributed by atoms with Gasteiger partial charge >= 0.3 is 11.8 Å². The molecule has 0 aliphatic carbocycles. The molecule has 1 aromatic rings. The van der Waals surface area contributed by atoms with Crippen LogP contribution in [0.2, 0.25) is 0 Å². The summed E-state index contributed by atoms with van der Waals surface area (Å²) < 4.78 is 5.34. The molecule has 0 aliphatic rings. The first kappa shape index (κ1) is 13.9. The molecule has 1 atom stereocenters. The molecular weight excluding hydrogens is 240 g/mol. The third kappa shape index (κ3) is 4.00. The Kier molecular flexibility index (Phi) is 4.59. The Morgan fingerprint density at radius 3 is 2.83 bits per heavy atom. The van der Waals surface area contributed by atoms with Crippen LogP contribution in [0, 0.1) is 17.0 Å². The van der Waals surface area contributed by atoms with Crippen molar-refractivity contribution in [3.05, 3.63) is 27.9 Å². The maximum Gasteiger partial charge on any atom is 0.406 e. The molecule has 0 amide bonds. The van der Waals surface area contributed by atoms with E-state index in [1.54, 1.807) is 19.9 Å². The van der Waals surface area contributed by atoms with Gasteiger partial charge in [-0.3, -0.25) is 4.79 Å². The Bertz CT molecular complexity index is 461. The number of nitro groups is 1. The minimum absolute atomic E-state index is 0.0474. The number of aliphatic carboxylic acids is 1. The van der Waals surface area contributed by atoms with Gasteiger partial charge in [0.1, 0.15) is 5.69 Å². The Balaban J connectivity index is 2.77. The van der Waals surface area contributed by atoms with Gasteiger partial charge in [0.2, 0.25) is 5.75 Å². The molecule has 0 bridgehead atoms. The average molecular weight is 254 g/mol. The van der Waals surface area contributed by atoms with Gasteiger partial charge in [-0.2, -0.15) is 0 Å². The third-order valence-electron chi connectivity index (χ3n) is 2.24. The average Bonchev–Trinajstić information content (AvgIpc) is 2.28. The van der Waals surface area contributed by atoms with Gasteiger partial charge < -0.3 is 20.0 Å². The molecule has 1 rings (SSSR count). The van der Waals surface area contributed by atoms with E-state index in [0.29, 0.717) is 5.69 Å². The summed E-state index contributed by atoms with van der Waals surface area (Å²) in [7, 11) is 0. The second kappa shape index (κ2) is 5.95. The van der Waals surface area contributed by atoms with E-state index >= 15 is 0 Å². The quantitative estimate of drug-likeness (QED) is 0.614. The van der Waals surface area contributed by atoms with Crippen molar-refractivity contribution in [2.45, 2.75) is 32.8 Å². The van der Waals surface area contributed by atoms with Crippen LogP contribution in [-0.4, -0.2) is 27.1 Å². The zero-order chi connectivity index (χ0) is 13.7. The summed E-state index contributed by atoms with van der Waals surface area (Å²) in [4.78, 5) is 24.4. The van der Waals surface area contributed by atoms with Crippen LogP contribution in [0.4, 0.5) is 5.82 Å². The topological polar surface area (TPSA) is 103 Å². The number of aryl methyl sites for hydroxylation is 1. The van der Waals surface area contributed by atoms with Crippen LogP contribution in [0.5, 0.6) is 5.75 Å². The zero-order valence-corrected chi connectivity index (χ0v) is 10.1. The van der Waals surface area contributed by atoms with E-state index in [4.69, 9.17) is 9.84 Å². The van der Waals surface area contributed by atoms with Crippen molar-refractivity contribution < 1.29 is 19.6 Å². The first-order chi connectivity index (χ1) is 8.40. The lowest BCUT2D eigenvalue weighted by molar-refractivity contribution is -0.390. The van der Waals surface area contributed by atoms with Crippen LogP contribution in [0.25, 0.3) is 0 Å². The van der Waals surface area contributed by atoms with E-state index in [-0.39, 0.29) is 24.4 Å². The molecule has 0 fully saturated rings. The Hall–Kier alpha value is -2.18. The standard InChI is InChI=1S/C11H14N2O5/c1-7-3-5-9(11(12-7)13(16)17)18-8(2)4-6-10(14)15/h3,5,8H,4,6H2,1-2H3,(H,14,15). The minimum atomic E-state index is -0.929. The molecule has 0 aromatic carbocycles. The summed E-state index contributed by atoms with van der Waals surface area (Å²) in [6.45, 7) is 3.30. The minimum Gasteiger partial charge on any atom is -0.483 e. The van der Waals surface area contributed by atoms with E-state index in [0.717, 1.165) is 0 Å². The molecular formula is C11H14N2O5. The smallest absolute Gasteiger partial charge is 0.406 e. The number of aromatic nitrogens is 1. The highest BCUT2D eigenvalue weighted by molar-refractivity contribution is 5.66. The number of nitrogens with zero attached hydrogens (tertiary/aromatic N) is 2. The molecule has 1 N–H and O–H groups in total. The Labute approximate surface area is 104 Å². The molecule has 1 heterocycles. The van der Waals surface area contributed by atoms with Crippen LogP contribution in [-0.2, 0) is 4.79 Å². The number of hydrogen-bond acceptors (Lipinski definition) is 5. The van der Waals surface area contributed by atoms with Crippen molar-refractivity contribution in [2.24, 2.45) is 0 Å². The van der Waals surface area contributed by atoms with Gasteiger partial charge in [0.25, 0.3) is 0 Å². The van der Waals surface area contributed by atoms with Crippen molar-refractivity contribution in [3.63, 3.8) is 0 Å². The highest BCUT2D eigenvalue weighted by Crippen LogP contribution is 2.26. The first-order valence-electron chi connectivity index (χ1n) is 5.40. The fourth-order valence-corrected chi connectivity index (χ4v) is 1.36. The molecule has 0 saturated carbocycles. The maximum absolute atomic E-state index is 10.8. The van der Waals surface area contributed by atoms with Gasteiger partial charge in [-0.05, 0) is 35.4 Å². The lowest BCUT2D eigenvalue weighted by atomic mass is 10.2. The number of rotatable bonds is 6. The van der Waals surface area contributed by atoms with Gasteiger partial charge in [-0.1, -0.05) is 0 Å². The van der Waals surface area contributed by atoms with Crippen LogP contribution in [0.3, 0.4) is 0 Å². The predicted molar refractivity (Wildman–Crippen MR) is 62.6 cm³/mol. The fraction of sp³-hybridized carbons (Fsp3) is 0.455. The molecule has 0 aliphatic heterocycles. The fourth-order valence-electron chi connectivity index (χ4n) is 1.36. The summed E-state index contributed by atoms with van der Waals surface area (Å²) in [6, 6.07) is 3.07. The van der Waals surface area contributed by atoms with Crippen LogP contribution in [0.1, 0.15) is 25.5 Å². The van der Waals surface area contributed by atoms with Crippen LogP contribution < -0.4 is 4.74 Å². The van der Waals surface area contributed by atoms with Crippen LogP contribution >= 0.6 is 0 Å².